The maximum atomic E-state index is 12.2. The number of rotatable bonds is 2. The predicted molar refractivity (Wildman–Crippen MR) is 81.5 cm³/mol. The molecule has 21 heavy (non-hydrogen) atoms. The Bertz CT molecular complexity index is 507. The molecule has 3 heterocycles. The van der Waals surface area contributed by atoms with Crippen molar-refractivity contribution in [3.05, 3.63) is 24.0 Å². The molecule has 1 amide bonds. The fraction of sp³-hybridized carbons (Fsp3) is 0.625. The zero-order valence-electron chi connectivity index (χ0n) is 12.8. The van der Waals surface area contributed by atoms with Crippen LogP contribution < -0.4 is 10.2 Å². The average molecular weight is 289 g/mol. The van der Waals surface area contributed by atoms with Crippen molar-refractivity contribution in [3.8, 4) is 0 Å². The van der Waals surface area contributed by atoms with Crippen LogP contribution in [0.2, 0.25) is 0 Å². The van der Waals surface area contributed by atoms with Crippen LogP contribution in [0.1, 0.15) is 38.3 Å². The molecule has 2 fully saturated rings. The number of nitrogens with one attached hydrogen (secondary N) is 1. The van der Waals surface area contributed by atoms with Gasteiger partial charge in [-0.25, -0.2) is 0 Å². The number of amides is 1. The summed E-state index contributed by atoms with van der Waals surface area (Å²) in [7, 11) is 0. The van der Waals surface area contributed by atoms with Crippen LogP contribution in [0.4, 0.5) is 5.69 Å². The quantitative estimate of drug-likeness (QED) is 0.900. The molecule has 0 radical (unpaired) electrons. The van der Waals surface area contributed by atoms with E-state index in [0.29, 0.717) is 12.5 Å². The third-order valence-electron chi connectivity index (χ3n) is 4.44. The van der Waals surface area contributed by atoms with E-state index in [9.17, 15) is 4.79 Å². The summed E-state index contributed by atoms with van der Waals surface area (Å²) < 4.78 is 5.88. The van der Waals surface area contributed by atoms with Gasteiger partial charge in [0, 0.05) is 5.69 Å². The molecular formula is C16H23N3O2. The van der Waals surface area contributed by atoms with E-state index in [1.165, 1.54) is 0 Å². The minimum Gasteiger partial charge on any atom is -0.363 e. The molecule has 1 aromatic heterocycles. The molecule has 1 aromatic rings. The van der Waals surface area contributed by atoms with Crippen molar-refractivity contribution >= 4 is 11.6 Å². The predicted octanol–water partition coefficient (Wildman–Crippen LogP) is 1.69. The molecule has 1 spiro atoms. The van der Waals surface area contributed by atoms with Crippen LogP contribution in [0, 0.1) is 0 Å². The molecule has 5 heteroatoms. The van der Waals surface area contributed by atoms with Gasteiger partial charge in [0.2, 0.25) is 0 Å². The highest BCUT2D eigenvalue weighted by Gasteiger charge is 2.41. The van der Waals surface area contributed by atoms with E-state index in [2.05, 4.69) is 24.1 Å². The number of morpholine rings is 1. The third-order valence-corrected chi connectivity index (χ3v) is 4.44. The Balaban J connectivity index is 1.80. The fourth-order valence-electron chi connectivity index (χ4n) is 3.03. The van der Waals surface area contributed by atoms with E-state index in [1.54, 1.807) is 0 Å². The summed E-state index contributed by atoms with van der Waals surface area (Å²) in [5.41, 5.74) is 1.75. The Labute approximate surface area is 125 Å². The standard InChI is InChI=1S/C16H23N3O2/c1-12(2)14-4-3-13(9-18-14)19-11-16(21-10-15(19)20)5-7-17-8-6-16/h3-4,9,12,17H,5-8,10-11H2,1-2H3. The summed E-state index contributed by atoms with van der Waals surface area (Å²) in [5, 5.41) is 3.35. The van der Waals surface area contributed by atoms with E-state index in [0.717, 1.165) is 37.3 Å². The molecule has 3 rings (SSSR count). The first-order chi connectivity index (χ1) is 10.1. The van der Waals surface area contributed by atoms with Crippen molar-refractivity contribution in [1.29, 1.82) is 0 Å². The first-order valence-electron chi connectivity index (χ1n) is 7.71. The molecule has 0 aliphatic carbocycles. The minimum absolute atomic E-state index is 0.0262. The largest absolute Gasteiger partial charge is 0.363 e. The molecule has 2 aliphatic rings. The monoisotopic (exact) mass is 289 g/mol. The number of carbonyl (C=O) groups excluding carboxylic acids is 1. The first kappa shape index (κ1) is 14.5. The van der Waals surface area contributed by atoms with Gasteiger partial charge in [0.1, 0.15) is 6.61 Å². The highest BCUT2D eigenvalue weighted by Crippen LogP contribution is 2.30. The first-order valence-corrected chi connectivity index (χ1v) is 7.71. The van der Waals surface area contributed by atoms with E-state index < -0.39 is 0 Å². The van der Waals surface area contributed by atoms with Crippen LogP contribution in [-0.4, -0.2) is 42.7 Å². The van der Waals surface area contributed by atoms with Crippen LogP contribution in [0.25, 0.3) is 0 Å². The smallest absolute Gasteiger partial charge is 0.253 e. The van der Waals surface area contributed by atoms with E-state index in [4.69, 9.17) is 4.74 Å². The number of ether oxygens (including phenoxy) is 1. The van der Waals surface area contributed by atoms with Crippen LogP contribution >= 0.6 is 0 Å². The normalized spacial score (nSPS) is 22.0. The van der Waals surface area contributed by atoms with Gasteiger partial charge in [-0.2, -0.15) is 0 Å². The summed E-state index contributed by atoms with van der Waals surface area (Å²) in [6, 6.07) is 4.01. The summed E-state index contributed by atoms with van der Waals surface area (Å²) >= 11 is 0. The van der Waals surface area contributed by atoms with E-state index in [-0.39, 0.29) is 18.1 Å². The van der Waals surface area contributed by atoms with Gasteiger partial charge in [0.15, 0.2) is 0 Å². The molecule has 0 aromatic carbocycles. The lowest BCUT2D eigenvalue weighted by molar-refractivity contribution is -0.141. The molecule has 0 unspecified atom stereocenters. The van der Waals surface area contributed by atoms with Gasteiger partial charge < -0.3 is 15.0 Å². The van der Waals surface area contributed by atoms with E-state index >= 15 is 0 Å². The summed E-state index contributed by atoms with van der Waals surface area (Å²) in [6.45, 7) is 6.94. The number of carbonyl (C=O) groups is 1. The van der Waals surface area contributed by atoms with Crippen molar-refractivity contribution in [3.63, 3.8) is 0 Å². The number of pyridine rings is 1. The molecule has 114 valence electrons. The zero-order chi connectivity index (χ0) is 14.9. The van der Waals surface area contributed by atoms with Gasteiger partial charge in [-0.05, 0) is 44.0 Å². The summed E-state index contributed by atoms with van der Waals surface area (Å²) in [6.07, 6.45) is 3.72. The second-order valence-electron chi connectivity index (χ2n) is 6.30. The number of hydrogen-bond acceptors (Lipinski definition) is 4. The maximum Gasteiger partial charge on any atom is 0.253 e. The summed E-state index contributed by atoms with van der Waals surface area (Å²) in [5.74, 6) is 0.424. The molecule has 0 atom stereocenters. The lowest BCUT2D eigenvalue weighted by Crippen LogP contribution is -2.58. The van der Waals surface area contributed by atoms with Crippen molar-refractivity contribution in [1.82, 2.24) is 10.3 Å². The van der Waals surface area contributed by atoms with E-state index in [1.807, 2.05) is 23.2 Å². The third kappa shape index (κ3) is 2.94. The number of hydrogen-bond donors (Lipinski definition) is 1. The number of nitrogens with zero attached hydrogens (tertiary/aromatic N) is 2. The van der Waals surface area contributed by atoms with Gasteiger partial charge in [-0.1, -0.05) is 13.8 Å². The van der Waals surface area contributed by atoms with Crippen LogP contribution in [0.3, 0.4) is 0 Å². The number of aromatic nitrogens is 1. The lowest BCUT2D eigenvalue weighted by Gasteiger charge is -2.44. The van der Waals surface area contributed by atoms with Gasteiger partial charge in [-0.15, -0.1) is 0 Å². The molecule has 1 N–H and O–H groups in total. The second-order valence-corrected chi connectivity index (χ2v) is 6.30. The minimum atomic E-state index is -0.185. The van der Waals surface area contributed by atoms with Gasteiger partial charge in [-0.3, -0.25) is 9.78 Å². The Hall–Kier alpha value is -1.46. The number of piperidine rings is 1. The van der Waals surface area contributed by atoms with Gasteiger partial charge >= 0.3 is 0 Å². The Morgan fingerprint density at radius 2 is 2.10 bits per heavy atom. The Kier molecular flexibility index (Phi) is 3.95. The molecule has 0 bridgehead atoms. The molecule has 0 saturated carbocycles. The summed E-state index contributed by atoms with van der Waals surface area (Å²) in [4.78, 5) is 18.5. The maximum absolute atomic E-state index is 12.2. The fourth-order valence-corrected chi connectivity index (χ4v) is 3.03. The van der Waals surface area contributed by atoms with Gasteiger partial charge in [0.05, 0.1) is 24.0 Å². The van der Waals surface area contributed by atoms with Crippen molar-refractivity contribution in [2.24, 2.45) is 0 Å². The molecule has 2 aliphatic heterocycles. The highest BCUT2D eigenvalue weighted by molar-refractivity contribution is 5.95. The Morgan fingerprint density at radius 1 is 1.33 bits per heavy atom. The van der Waals surface area contributed by atoms with Crippen molar-refractivity contribution in [2.75, 3.05) is 31.1 Å². The average Bonchev–Trinajstić information content (AvgIpc) is 2.51. The second kappa shape index (κ2) is 5.73. The highest BCUT2D eigenvalue weighted by atomic mass is 16.5. The molecule has 2 saturated heterocycles. The molecular weight excluding hydrogens is 266 g/mol. The van der Waals surface area contributed by atoms with Crippen molar-refractivity contribution in [2.45, 2.75) is 38.2 Å². The van der Waals surface area contributed by atoms with Crippen molar-refractivity contribution < 1.29 is 9.53 Å². The lowest BCUT2D eigenvalue weighted by atomic mass is 9.90. The zero-order valence-corrected chi connectivity index (χ0v) is 12.8. The van der Waals surface area contributed by atoms with Gasteiger partial charge in [0.25, 0.3) is 5.91 Å². The topological polar surface area (TPSA) is 54.5 Å². The van der Waals surface area contributed by atoms with Crippen LogP contribution in [0.5, 0.6) is 0 Å². The van der Waals surface area contributed by atoms with Crippen LogP contribution in [-0.2, 0) is 9.53 Å². The Morgan fingerprint density at radius 3 is 2.71 bits per heavy atom. The SMILES string of the molecule is CC(C)c1ccc(N2CC3(CCNCC3)OCC2=O)cn1. The molecule has 5 nitrogen and oxygen atoms in total. The van der Waals surface area contributed by atoms with Crippen LogP contribution in [0.15, 0.2) is 18.3 Å². The number of anilines is 1.